The number of carbonyl (C=O) groups excluding carboxylic acids is 1. The minimum atomic E-state index is -0.853. The van der Waals surface area contributed by atoms with E-state index in [-0.39, 0.29) is 12.1 Å². The van der Waals surface area contributed by atoms with Gasteiger partial charge in [-0.15, -0.1) is 0 Å². The Kier molecular flexibility index (Phi) is 5.16. The van der Waals surface area contributed by atoms with Gasteiger partial charge < -0.3 is 10.4 Å². The lowest BCUT2D eigenvalue weighted by molar-refractivity contribution is 0.0246. The van der Waals surface area contributed by atoms with Crippen molar-refractivity contribution in [2.45, 2.75) is 44.1 Å². The number of carbonyl (C=O) groups is 1. The molecule has 0 unspecified atom stereocenters. The van der Waals surface area contributed by atoms with Crippen molar-refractivity contribution < 1.29 is 14.3 Å². The molecule has 2 N–H and O–H groups in total. The summed E-state index contributed by atoms with van der Waals surface area (Å²) < 4.78 is 14.3. The molecule has 110 valence electrons. The SMILES string of the molecule is O=C(NCC1(O)CCCCCC1)c1cc(Br)ccc1F. The van der Waals surface area contributed by atoms with Gasteiger partial charge in [-0.2, -0.15) is 0 Å². The van der Waals surface area contributed by atoms with E-state index < -0.39 is 17.3 Å². The van der Waals surface area contributed by atoms with Crippen LogP contribution in [0, 0.1) is 5.82 Å². The molecule has 1 aromatic rings. The van der Waals surface area contributed by atoms with Gasteiger partial charge in [-0.1, -0.05) is 41.6 Å². The zero-order valence-electron chi connectivity index (χ0n) is 11.3. The predicted molar refractivity (Wildman–Crippen MR) is 79.1 cm³/mol. The molecule has 1 saturated carbocycles. The summed E-state index contributed by atoms with van der Waals surface area (Å²) in [5.41, 5.74) is -0.856. The second kappa shape index (κ2) is 6.68. The predicted octanol–water partition coefficient (Wildman–Crippen LogP) is 3.40. The summed E-state index contributed by atoms with van der Waals surface area (Å²) in [4.78, 5) is 12.0. The molecule has 0 aromatic heterocycles. The molecule has 1 aliphatic carbocycles. The molecule has 0 bridgehead atoms. The zero-order chi connectivity index (χ0) is 14.6. The standard InChI is InChI=1S/C15H19BrFNO2/c16-11-5-6-13(17)12(9-11)14(19)18-10-15(20)7-3-1-2-4-8-15/h5-6,9,20H,1-4,7-8,10H2,(H,18,19). The second-order valence-corrected chi connectivity index (χ2v) is 6.36. The van der Waals surface area contributed by atoms with Crippen molar-refractivity contribution in [1.29, 1.82) is 0 Å². The Morgan fingerprint density at radius 1 is 1.30 bits per heavy atom. The van der Waals surface area contributed by atoms with Crippen molar-refractivity contribution in [2.75, 3.05) is 6.54 Å². The molecule has 0 heterocycles. The summed E-state index contributed by atoms with van der Waals surface area (Å²) in [5.74, 6) is -1.04. The first-order valence-electron chi connectivity index (χ1n) is 6.96. The molecule has 0 spiro atoms. The maximum absolute atomic E-state index is 13.6. The molecule has 0 saturated heterocycles. The van der Waals surface area contributed by atoms with E-state index in [1.54, 1.807) is 6.07 Å². The molecular weight excluding hydrogens is 325 g/mol. The lowest BCUT2D eigenvalue weighted by atomic mass is 9.94. The Labute approximate surface area is 126 Å². The third-order valence-corrected chi connectivity index (χ3v) is 4.28. The van der Waals surface area contributed by atoms with Crippen molar-refractivity contribution in [3.05, 3.63) is 34.1 Å². The zero-order valence-corrected chi connectivity index (χ0v) is 12.9. The van der Waals surface area contributed by atoms with E-state index in [0.29, 0.717) is 17.3 Å². The highest BCUT2D eigenvalue weighted by Crippen LogP contribution is 2.26. The Balaban J connectivity index is 1.99. The number of rotatable bonds is 3. The highest BCUT2D eigenvalue weighted by molar-refractivity contribution is 9.10. The summed E-state index contributed by atoms with van der Waals surface area (Å²) in [6, 6.07) is 4.24. The normalized spacial score (nSPS) is 18.4. The first kappa shape index (κ1) is 15.4. The van der Waals surface area contributed by atoms with Crippen LogP contribution in [0.15, 0.2) is 22.7 Å². The summed E-state index contributed by atoms with van der Waals surface area (Å²) in [6.07, 6.45) is 5.56. The Morgan fingerprint density at radius 3 is 2.60 bits per heavy atom. The van der Waals surface area contributed by atoms with Gasteiger partial charge in [0.25, 0.3) is 5.91 Å². The van der Waals surface area contributed by atoms with Gasteiger partial charge in [0.05, 0.1) is 11.2 Å². The smallest absolute Gasteiger partial charge is 0.254 e. The van der Waals surface area contributed by atoms with Crippen LogP contribution in [0.25, 0.3) is 0 Å². The molecule has 0 atom stereocenters. The van der Waals surface area contributed by atoms with Crippen LogP contribution in [0.1, 0.15) is 48.9 Å². The first-order chi connectivity index (χ1) is 9.50. The fourth-order valence-corrected chi connectivity index (χ4v) is 2.94. The largest absolute Gasteiger partial charge is 0.388 e. The van der Waals surface area contributed by atoms with Crippen LogP contribution in [-0.2, 0) is 0 Å². The Bertz CT molecular complexity index is 485. The average molecular weight is 344 g/mol. The third kappa shape index (κ3) is 4.03. The van der Waals surface area contributed by atoms with E-state index in [2.05, 4.69) is 21.2 Å². The first-order valence-corrected chi connectivity index (χ1v) is 7.75. The number of benzene rings is 1. The molecule has 0 radical (unpaired) electrons. The Morgan fingerprint density at radius 2 is 1.95 bits per heavy atom. The molecule has 1 aliphatic rings. The van der Waals surface area contributed by atoms with Crippen LogP contribution >= 0.6 is 15.9 Å². The summed E-state index contributed by atoms with van der Waals surface area (Å²) in [5, 5.41) is 13.1. The second-order valence-electron chi connectivity index (χ2n) is 5.45. The lowest BCUT2D eigenvalue weighted by Crippen LogP contribution is -2.42. The number of hydrogen-bond donors (Lipinski definition) is 2. The molecule has 5 heteroatoms. The van der Waals surface area contributed by atoms with E-state index in [0.717, 1.165) is 25.7 Å². The number of hydrogen-bond acceptors (Lipinski definition) is 2. The monoisotopic (exact) mass is 343 g/mol. The molecule has 0 aliphatic heterocycles. The molecule has 1 aromatic carbocycles. The highest BCUT2D eigenvalue weighted by Gasteiger charge is 2.28. The fraction of sp³-hybridized carbons (Fsp3) is 0.533. The number of amides is 1. The van der Waals surface area contributed by atoms with Crippen LogP contribution in [0.5, 0.6) is 0 Å². The van der Waals surface area contributed by atoms with Gasteiger partial charge >= 0.3 is 0 Å². The number of aliphatic hydroxyl groups is 1. The molecule has 1 fully saturated rings. The summed E-state index contributed by atoms with van der Waals surface area (Å²) in [7, 11) is 0. The summed E-state index contributed by atoms with van der Waals surface area (Å²) >= 11 is 3.22. The van der Waals surface area contributed by atoms with Gasteiger partial charge in [0.15, 0.2) is 0 Å². The topological polar surface area (TPSA) is 49.3 Å². The van der Waals surface area contributed by atoms with E-state index in [4.69, 9.17) is 0 Å². The van der Waals surface area contributed by atoms with Crippen molar-refractivity contribution in [3.63, 3.8) is 0 Å². The fourth-order valence-electron chi connectivity index (χ4n) is 2.57. The van der Waals surface area contributed by atoms with Gasteiger partial charge in [-0.3, -0.25) is 4.79 Å². The van der Waals surface area contributed by atoms with Gasteiger partial charge in [0.2, 0.25) is 0 Å². The van der Waals surface area contributed by atoms with Crippen LogP contribution in [-0.4, -0.2) is 23.2 Å². The van der Waals surface area contributed by atoms with Crippen LogP contribution in [0.2, 0.25) is 0 Å². The molecule has 3 nitrogen and oxygen atoms in total. The van der Waals surface area contributed by atoms with Crippen molar-refractivity contribution in [1.82, 2.24) is 5.32 Å². The van der Waals surface area contributed by atoms with Crippen LogP contribution in [0.3, 0.4) is 0 Å². The third-order valence-electron chi connectivity index (χ3n) is 3.79. The van der Waals surface area contributed by atoms with E-state index in [1.807, 2.05) is 0 Å². The van der Waals surface area contributed by atoms with Gasteiger partial charge in [-0.25, -0.2) is 4.39 Å². The van der Waals surface area contributed by atoms with Gasteiger partial charge in [-0.05, 0) is 31.0 Å². The van der Waals surface area contributed by atoms with Crippen molar-refractivity contribution in [2.24, 2.45) is 0 Å². The molecule has 1 amide bonds. The average Bonchev–Trinajstić information content (AvgIpc) is 2.64. The van der Waals surface area contributed by atoms with E-state index >= 15 is 0 Å². The van der Waals surface area contributed by atoms with Crippen molar-refractivity contribution in [3.8, 4) is 0 Å². The maximum atomic E-state index is 13.6. The maximum Gasteiger partial charge on any atom is 0.254 e. The molecule has 2 rings (SSSR count). The minimum Gasteiger partial charge on any atom is -0.388 e. The van der Waals surface area contributed by atoms with Crippen molar-refractivity contribution >= 4 is 21.8 Å². The van der Waals surface area contributed by atoms with Crippen LogP contribution < -0.4 is 5.32 Å². The van der Waals surface area contributed by atoms with Crippen LogP contribution in [0.4, 0.5) is 4.39 Å². The van der Waals surface area contributed by atoms with E-state index in [1.165, 1.54) is 12.1 Å². The minimum absolute atomic E-state index is 0.00315. The van der Waals surface area contributed by atoms with Gasteiger partial charge in [0.1, 0.15) is 5.82 Å². The Hall–Kier alpha value is -0.940. The van der Waals surface area contributed by atoms with E-state index in [9.17, 15) is 14.3 Å². The number of nitrogens with one attached hydrogen (secondary N) is 1. The highest BCUT2D eigenvalue weighted by atomic mass is 79.9. The molecule has 20 heavy (non-hydrogen) atoms. The lowest BCUT2D eigenvalue weighted by Gasteiger charge is -2.26. The summed E-state index contributed by atoms with van der Waals surface area (Å²) in [6.45, 7) is 0.178. The molecular formula is C15H19BrFNO2. The number of halogens is 2. The van der Waals surface area contributed by atoms with Gasteiger partial charge in [0, 0.05) is 11.0 Å². The quantitative estimate of drug-likeness (QED) is 0.826.